The largest absolute Gasteiger partial charge is 0.493 e. The quantitative estimate of drug-likeness (QED) is 0.517. The van der Waals surface area contributed by atoms with Gasteiger partial charge in [-0.05, 0) is 49.2 Å². The fourth-order valence-corrected chi connectivity index (χ4v) is 3.67. The third kappa shape index (κ3) is 3.92. The summed E-state index contributed by atoms with van der Waals surface area (Å²) in [5.41, 5.74) is 4.85. The Morgan fingerprint density at radius 2 is 1.77 bits per heavy atom. The van der Waals surface area contributed by atoms with Gasteiger partial charge in [-0.2, -0.15) is 5.10 Å². The Labute approximate surface area is 180 Å². The maximum Gasteiger partial charge on any atom is 0.276 e. The molecule has 0 aliphatic rings. The Morgan fingerprint density at radius 3 is 2.52 bits per heavy atom. The molecule has 0 spiro atoms. The van der Waals surface area contributed by atoms with Crippen molar-refractivity contribution in [3.05, 3.63) is 81.9 Å². The van der Waals surface area contributed by atoms with Crippen molar-refractivity contribution in [1.29, 1.82) is 0 Å². The van der Waals surface area contributed by atoms with Crippen LogP contribution in [-0.4, -0.2) is 33.5 Å². The summed E-state index contributed by atoms with van der Waals surface area (Å²) < 4.78 is 13.6. The SMILES string of the molecule is COc1ccc([C@@H](O)Cn2ccn3nc(-c4cc(C)ccc4C)cc3c2=O)cc1OC. The first-order valence-corrected chi connectivity index (χ1v) is 9.97. The second-order valence-corrected chi connectivity index (χ2v) is 7.56. The minimum Gasteiger partial charge on any atom is -0.493 e. The maximum atomic E-state index is 13.1. The van der Waals surface area contributed by atoms with Crippen LogP contribution in [0.2, 0.25) is 0 Å². The van der Waals surface area contributed by atoms with Crippen LogP contribution >= 0.6 is 0 Å². The molecule has 2 heterocycles. The van der Waals surface area contributed by atoms with Gasteiger partial charge in [-0.1, -0.05) is 23.8 Å². The summed E-state index contributed by atoms with van der Waals surface area (Å²) in [7, 11) is 3.10. The minimum atomic E-state index is -0.888. The van der Waals surface area contributed by atoms with Gasteiger partial charge in [-0.15, -0.1) is 0 Å². The van der Waals surface area contributed by atoms with E-state index in [9.17, 15) is 9.90 Å². The summed E-state index contributed by atoms with van der Waals surface area (Å²) in [5.74, 6) is 1.10. The summed E-state index contributed by atoms with van der Waals surface area (Å²) in [4.78, 5) is 13.1. The Kier molecular flexibility index (Phi) is 5.52. The van der Waals surface area contributed by atoms with Gasteiger partial charge in [0.25, 0.3) is 5.56 Å². The van der Waals surface area contributed by atoms with Crippen LogP contribution in [0.1, 0.15) is 22.8 Å². The van der Waals surface area contributed by atoms with Gasteiger partial charge in [0.05, 0.1) is 32.6 Å². The lowest BCUT2D eigenvalue weighted by Gasteiger charge is -2.15. The van der Waals surface area contributed by atoms with Crippen molar-refractivity contribution in [2.75, 3.05) is 14.2 Å². The Morgan fingerprint density at radius 1 is 1.00 bits per heavy atom. The van der Waals surface area contributed by atoms with Crippen molar-refractivity contribution >= 4 is 5.52 Å². The van der Waals surface area contributed by atoms with Crippen LogP contribution in [0.3, 0.4) is 0 Å². The van der Waals surface area contributed by atoms with Crippen LogP contribution in [0.5, 0.6) is 11.5 Å². The van der Waals surface area contributed by atoms with E-state index < -0.39 is 6.10 Å². The molecule has 0 aliphatic heterocycles. The molecule has 4 aromatic rings. The summed E-state index contributed by atoms with van der Waals surface area (Å²) in [6.07, 6.45) is 2.48. The molecule has 31 heavy (non-hydrogen) atoms. The molecule has 160 valence electrons. The van der Waals surface area contributed by atoms with E-state index in [1.54, 1.807) is 55.4 Å². The number of aromatic nitrogens is 3. The number of nitrogens with zero attached hydrogens (tertiary/aromatic N) is 3. The predicted octanol–water partition coefficient (Wildman–Crippen LogP) is 3.53. The Bertz CT molecular complexity index is 1310. The van der Waals surface area contributed by atoms with Crippen LogP contribution in [0.4, 0.5) is 0 Å². The molecule has 7 nitrogen and oxygen atoms in total. The van der Waals surface area contributed by atoms with Gasteiger partial charge in [0, 0.05) is 18.0 Å². The second kappa shape index (κ2) is 8.28. The number of fused-ring (bicyclic) bond motifs is 1. The highest BCUT2D eigenvalue weighted by Crippen LogP contribution is 2.30. The molecular weight excluding hydrogens is 394 g/mol. The number of aliphatic hydroxyl groups excluding tert-OH is 1. The summed E-state index contributed by atoms with van der Waals surface area (Å²) in [6, 6.07) is 13.2. The average Bonchev–Trinajstić information content (AvgIpc) is 3.21. The topological polar surface area (TPSA) is 78.0 Å². The average molecular weight is 419 g/mol. The molecule has 7 heteroatoms. The molecule has 0 aliphatic carbocycles. The van der Waals surface area contributed by atoms with E-state index in [2.05, 4.69) is 17.2 Å². The lowest BCUT2D eigenvalue weighted by molar-refractivity contribution is 0.154. The first kappa shape index (κ1) is 20.7. The summed E-state index contributed by atoms with van der Waals surface area (Å²) in [5, 5.41) is 15.3. The molecule has 0 bridgehead atoms. The zero-order chi connectivity index (χ0) is 22.1. The van der Waals surface area contributed by atoms with E-state index in [1.165, 1.54) is 4.57 Å². The maximum absolute atomic E-state index is 13.1. The number of rotatable bonds is 6. The first-order chi connectivity index (χ1) is 14.9. The second-order valence-electron chi connectivity index (χ2n) is 7.56. The van der Waals surface area contributed by atoms with Crippen molar-refractivity contribution in [1.82, 2.24) is 14.2 Å². The van der Waals surface area contributed by atoms with Gasteiger partial charge in [-0.25, -0.2) is 4.52 Å². The number of hydrogen-bond donors (Lipinski definition) is 1. The summed E-state index contributed by atoms with van der Waals surface area (Å²) in [6.45, 7) is 4.16. The smallest absolute Gasteiger partial charge is 0.276 e. The first-order valence-electron chi connectivity index (χ1n) is 9.97. The number of benzene rings is 2. The van der Waals surface area contributed by atoms with Crippen LogP contribution in [-0.2, 0) is 6.54 Å². The van der Waals surface area contributed by atoms with Crippen LogP contribution < -0.4 is 15.0 Å². The monoisotopic (exact) mass is 419 g/mol. The standard InChI is InChI=1S/C24H25N3O4/c1-15-5-6-16(2)18(11-15)19-13-20-24(29)26(9-10-27(20)25-19)14-21(28)17-7-8-22(30-3)23(12-17)31-4/h5-13,21,28H,14H2,1-4H3/t21-/m0/s1. The van der Waals surface area contributed by atoms with E-state index in [4.69, 9.17) is 9.47 Å². The highest BCUT2D eigenvalue weighted by atomic mass is 16.5. The number of methoxy groups -OCH3 is 2. The van der Waals surface area contributed by atoms with Gasteiger partial charge >= 0.3 is 0 Å². The minimum absolute atomic E-state index is 0.106. The van der Waals surface area contributed by atoms with Gasteiger partial charge in [0.1, 0.15) is 5.52 Å². The lowest BCUT2D eigenvalue weighted by atomic mass is 10.0. The van der Waals surface area contributed by atoms with E-state index in [-0.39, 0.29) is 12.1 Å². The van der Waals surface area contributed by atoms with Gasteiger partial charge in [-0.3, -0.25) is 4.79 Å². The van der Waals surface area contributed by atoms with E-state index in [1.807, 2.05) is 19.9 Å². The predicted molar refractivity (Wildman–Crippen MR) is 119 cm³/mol. The fourth-order valence-electron chi connectivity index (χ4n) is 3.67. The number of aryl methyl sites for hydroxylation is 2. The highest BCUT2D eigenvalue weighted by molar-refractivity contribution is 5.69. The molecule has 0 radical (unpaired) electrons. The van der Waals surface area contributed by atoms with Crippen molar-refractivity contribution in [3.8, 4) is 22.8 Å². The third-order valence-electron chi connectivity index (χ3n) is 5.43. The van der Waals surface area contributed by atoms with Crippen LogP contribution in [0, 0.1) is 13.8 Å². The molecule has 0 fully saturated rings. The van der Waals surface area contributed by atoms with E-state index >= 15 is 0 Å². The van der Waals surface area contributed by atoms with Gasteiger partial charge in [0.2, 0.25) is 0 Å². The van der Waals surface area contributed by atoms with E-state index in [0.717, 1.165) is 22.4 Å². The number of aliphatic hydroxyl groups is 1. The zero-order valence-electron chi connectivity index (χ0n) is 18.0. The molecule has 1 atom stereocenters. The van der Waals surface area contributed by atoms with Crippen molar-refractivity contribution in [2.45, 2.75) is 26.5 Å². The third-order valence-corrected chi connectivity index (χ3v) is 5.43. The van der Waals surface area contributed by atoms with Gasteiger partial charge in [0.15, 0.2) is 11.5 Å². The molecule has 4 rings (SSSR count). The molecular formula is C24H25N3O4. The Balaban J connectivity index is 1.67. The number of ether oxygens (including phenoxy) is 2. The van der Waals surface area contributed by atoms with Crippen LogP contribution in [0.15, 0.2) is 59.7 Å². The molecule has 2 aromatic carbocycles. The zero-order valence-corrected chi connectivity index (χ0v) is 18.0. The molecule has 0 amide bonds. The van der Waals surface area contributed by atoms with Crippen molar-refractivity contribution in [3.63, 3.8) is 0 Å². The lowest BCUT2D eigenvalue weighted by Crippen LogP contribution is -2.24. The summed E-state index contributed by atoms with van der Waals surface area (Å²) >= 11 is 0. The fraction of sp³-hybridized carbons (Fsp3) is 0.250. The normalized spacial score (nSPS) is 12.2. The molecule has 0 saturated carbocycles. The highest BCUT2D eigenvalue weighted by Gasteiger charge is 2.16. The van der Waals surface area contributed by atoms with Crippen molar-refractivity contribution in [2.24, 2.45) is 0 Å². The molecule has 2 aromatic heterocycles. The van der Waals surface area contributed by atoms with E-state index in [0.29, 0.717) is 22.6 Å². The number of hydrogen-bond acceptors (Lipinski definition) is 5. The van der Waals surface area contributed by atoms with Crippen molar-refractivity contribution < 1.29 is 14.6 Å². The van der Waals surface area contributed by atoms with Gasteiger partial charge < -0.3 is 19.1 Å². The Hall–Kier alpha value is -3.58. The molecule has 0 saturated heterocycles. The molecule has 0 unspecified atom stereocenters. The van der Waals surface area contributed by atoms with Crippen LogP contribution in [0.25, 0.3) is 16.8 Å². The molecule has 1 N–H and O–H groups in total.